The SMILES string of the molecule is CN(Cc1c2ccccc2c(CN(C)C(=O)OC(C)(C)C)c2ccccc12)C(=O)COc1ccccc1OCC(=O)N(C)Cc1c2ccccc2c(CN(C)C(=O)OC(C)(C)C)c2ccccc12. The van der Waals surface area contributed by atoms with Gasteiger partial charge >= 0.3 is 12.2 Å². The molecule has 0 aromatic heterocycles. The van der Waals surface area contributed by atoms with E-state index in [1.807, 2.05) is 139 Å². The Morgan fingerprint density at radius 3 is 0.824 bits per heavy atom. The fourth-order valence-electron chi connectivity index (χ4n) is 8.42. The molecule has 0 fully saturated rings. The van der Waals surface area contributed by atoms with Gasteiger partial charge in [-0.2, -0.15) is 0 Å². The summed E-state index contributed by atoms with van der Waals surface area (Å²) in [7, 11) is 6.97. The van der Waals surface area contributed by atoms with Crippen molar-refractivity contribution >= 4 is 67.1 Å². The largest absolute Gasteiger partial charge is 0.480 e. The van der Waals surface area contributed by atoms with Crippen molar-refractivity contribution in [1.82, 2.24) is 19.6 Å². The van der Waals surface area contributed by atoms with E-state index >= 15 is 0 Å². The van der Waals surface area contributed by atoms with Gasteiger partial charge in [0.05, 0.1) is 0 Å². The molecule has 7 rings (SSSR count). The van der Waals surface area contributed by atoms with Crippen molar-refractivity contribution in [2.24, 2.45) is 0 Å². The maximum atomic E-state index is 13.8. The molecule has 0 N–H and O–H groups in total. The molecule has 0 atom stereocenters. The van der Waals surface area contributed by atoms with Crippen LogP contribution in [0.5, 0.6) is 11.5 Å². The summed E-state index contributed by atoms with van der Waals surface area (Å²) in [5, 5.41) is 7.87. The first-order valence-corrected chi connectivity index (χ1v) is 22.8. The predicted octanol–water partition coefficient (Wildman–Crippen LogP) is 11.1. The van der Waals surface area contributed by atoms with Crippen molar-refractivity contribution in [3.05, 3.63) is 144 Å². The summed E-state index contributed by atoms with van der Waals surface area (Å²) in [4.78, 5) is 60.1. The van der Waals surface area contributed by atoms with Gasteiger partial charge in [-0.3, -0.25) is 9.59 Å². The number of para-hydroxylation sites is 2. The van der Waals surface area contributed by atoms with Crippen LogP contribution in [0, 0.1) is 0 Å². The highest BCUT2D eigenvalue weighted by atomic mass is 16.6. The summed E-state index contributed by atoms with van der Waals surface area (Å²) >= 11 is 0. The molecule has 68 heavy (non-hydrogen) atoms. The van der Waals surface area contributed by atoms with E-state index in [9.17, 15) is 19.2 Å². The number of ether oxygens (including phenoxy) is 4. The average molecular weight is 919 g/mol. The minimum atomic E-state index is -0.625. The summed E-state index contributed by atoms with van der Waals surface area (Å²) < 4.78 is 23.5. The van der Waals surface area contributed by atoms with Crippen molar-refractivity contribution in [2.75, 3.05) is 41.4 Å². The maximum absolute atomic E-state index is 13.8. The van der Waals surface area contributed by atoms with E-state index in [4.69, 9.17) is 18.9 Å². The van der Waals surface area contributed by atoms with Crippen molar-refractivity contribution in [3.8, 4) is 11.5 Å². The lowest BCUT2D eigenvalue weighted by Crippen LogP contribution is -2.34. The third-order valence-corrected chi connectivity index (χ3v) is 11.7. The van der Waals surface area contributed by atoms with E-state index in [1.54, 1.807) is 72.1 Å². The number of carbonyl (C=O) groups excluding carboxylic acids is 4. The lowest BCUT2D eigenvalue weighted by Gasteiger charge is -2.26. The Morgan fingerprint density at radius 2 is 0.588 bits per heavy atom. The highest BCUT2D eigenvalue weighted by Crippen LogP contribution is 2.37. The Kier molecular flexibility index (Phi) is 14.5. The molecule has 0 heterocycles. The molecule has 0 aliphatic carbocycles. The molecule has 0 radical (unpaired) electrons. The van der Waals surface area contributed by atoms with Gasteiger partial charge in [0.15, 0.2) is 24.7 Å². The summed E-state index contributed by atoms with van der Waals surface area (Å²) in [6.45, 7) is 11.9. The first kappa shape index (κ1) is 48.6. The van der Waals surface area contributed by atoms with E-state index in [-0.39, 0.29) is 25.0 Å². The molecule has 0 saturated heterocycles. The number of hydrogen-bond acceptors (Lipinski definition) is 8. The van der Waals surface area contributed by atoms with Gasteiger partial charge < -0.3 is 38.5 Å². The second-order valence-electron chi connectivity index (χ2n) is 19.3. The van der Waals surface area contributed by atoms with Crippen molar-refractivity contribution in [2.45, 2.75) is 78.9 Å². The number of hydrogen-bond donors (Lipinski definition) is 0. The number of nitrogens with zero attached hydrogens (tertiary/aromatic N) is 4. The molecule has 0 aliphatic heterocycles. The monoisotopic (exact) mass is 918 g/mol. The highest BCUT2D eigenvalue weighted by molar-refractivity contribution is 6.07. The van der Waals surface area contributed by atoms with E-state index < -0.39 is 23.4 Å². The summed E-state index contributed by atoms with van der Waals surface area (Å²) in [6.07, 6.45) is -0.814. The van der Waals surface area contributed by atoms with Crippen molar-refractivity contribution < 1.29 is 38.1 Å². The van der Waals surface area contributed by atoms with E-state index in [1.165, 1.54) is 0 Å². The fourth-order valence-corrected chi connectivity index (χ4v) is 8.42. The van der Waals surface area contributed by atoms with Crippen LogP contribution in [-0.2, 0) is 45.2 Å². The van der Waals surface area contributed by atoms with Crippen LogP contribution in [0.15, 0.2) is 121 Å². The first-order chi connectivity index (χ1) is 32.3. The number of rotatable bonds is 14. The average Bonchev–Trinajstić information content (AvgIpc) is 3.30. The Balaban J connectivity index is 1.03. The molecule has 0 aliphatic rings. The molecule has 4 amide bonds. The summed E-state index contributed by atoms with van der Waals surface area (Å²) in [5.41, 5.74) is 2.68. The Morgan fingerprint density at radius 1 is 0.368 bits per heavy atom. The molecule has 354 valence electrons. The van der Waals surface area contributed by atoms with Gasteiger partial charge in [0, 0.05) is 54.4 Å². The third kappa shape index (κ3) is 11.3. The van der Waals surface area contributed by atoms with Crippen LogP contribution >= 0.6 is 0 Å². The van der Waals surface area contributed by atoms with Gasteiger partial charge in [0.1, 0.15) is 11.2 Å². The van der Waals surface area contributed by atoms with Crippen LogP contribution in [0.2, 0.25) is 0 Å². The van der Waals surface area contributed by atoms with Crippen LogP contribution in [-0.4, -0.2) is 96.2 Å². The van der Waals surface area contributed by atoms with Gasteiger partial charge in [-0.15, -0.1) is 0 Å². The normalized spacial score (nSPS) is 11.7. The van der Waals surface area contributed by atoms with Gasteiger partial charge in [-0.25, -0.2) is 9.59 Å². The molecule has 12 nitrogen and oxygen atoms in total. The molecule has 0 bridgehead atoms. The minimum Gasteiger partial charge on any atom is -0.480 e. The second-order valence-corrected chi connectivity index (χ2v) is 19.3. The zero-order valence-electron chi connectivity index (χ0n) is 40.8. The Hall–Kier alpha value is -7.34. The fraction of sp³-hybridized carbons (Fsp3) is 0.321. The van der Waals surface area contributed by atoms with Crippen LogP contribution in [0.1, 0.15) is 63.8 Å². The quantitative estimate of drug-likeness (QED) is 0.0990. The summed E-state index contributed by atoms with van der Waals surface area (Å²) in [6, 6.07) is 39.2. The van der Waals surface area contributed by atoms with Crippen LogP contribution in [0.4, 0.5) is 9.59 Å². The summed E-state index contributed by atoms with van der Waals surface area (Å²) in [5.74, 6) is 0.171. The third-order valence-electron chi connectivity index (χ3n) is 11.7. The minimum absolute atomic E-state index is 0.250. The van der Waals surface area contributed by atoms with Gasteiger partial charge in [0.25, 0.3) is 11.8 Å². The first-order valence-electron chi connectivity index (χ1n) is 22.8. The molecule has 0 saturated carbocycles. The number of likely N-dealkylation sites (N-methyl/N-ethyl adjacent to an activating group) is 2. The Labute approximate surface area is 398 Å². The number of carbonyl (C=O) groups is 4. The van der Waals surface area contributed by atoms with E-state index in [2.05, 4.69) is 0 Å². The Bertz CT molecular complexity index is 2690. The molecular formula is C56H62N4O8. The standard InChI is InChI=1S/C56H62N4O8/c1-55(2,3)67-53(63)59(9)33-47-41-25-15-11-21-37(41)45(38-22-12-16-26-42(38)47)31-57(7)51(61)35-65-49-29-19-20-30-50(49)66-36-52(62)58(8)32-46-39-23-13-17-27-43(39)48(44-28-18-14-24-40(44)46)34-60(10)54(64)68-56(4,5)6/h11-30H,31-36H2,1-10H3. The van der Waals surface area contributed by atoms with Gasteiger partial charge in [-0.1, -0.05) is 109 Å². The predicted molar refractivity (Wildman–Crippen MR) is 269 cm³/mol. The number of benzene rings is 7. The van der Waals surface area contributed by atoms with Crippen LogP contribution in [0.25, 0.3) is 43.1 Å². The van der Waals surface area contributed by atoms with E-state index in [0.717, 1.165) is 65.3 Å². The van der Waals surface area contributed by atoms with Gasteiger partial charge in [0.2, 0.25) is 0 Å². The maximum Gasteiger partial charge on any atom is 0.410 e. The second kappa shape index (κ2) is 20.3. The molecule has 7 aromatic rings. The number of fused-ring (bicyclic) bond motifs is 4. The van der Waals surface area contributed by atoms with Gasteiger partial charge in [-0.05, 0) is 119 Å². The van der Waals surface area contributed by atoms with Crippen LogP contribution < -0.4 is 9.47 Å². The zero-order valence-corrected chi connectivity index (χ0v) is 40.8. The highest BCUT2D eigenvalue weighted by Gasteiger charge is 2.25. The molecule has 7 aromatic carbocycles. The molecular weight excluding hydrogens is 857 g/mol. The topological polar surface area (TPSA) is 118 Å². The smallest absolute Gasteiger partial charge is 0.410 e. The van der Waals surface area contributed by atoms with Crippen LogP contribution in [0.3, 0.4) is 0 Å². The molecule has 0 spiro atoms. The number of amides is 4. The van der Waals surface area contributed by atoms with Crippen molar-refractivity contribution in [1.29, 1.82) is 0 Å². The lowest BCUT2D eigenvalue weighted by molar-refractivity contribution is -0.133. The molecule has 0 unspecified atom stereocenters. The van der Waals surface area contributed by atoms with E-state index in [0.29, 0.717) is 37.7 Å². The molecule has 12 heteroatoms. The zero-order chi connectivity index (χ0) is 48.9. The van der Waals surface area contributed by atoms with Crippen molar-refractivity contribution in [3.63, 3.8) is 0 Å². The lowest BCUT2D eigenvalue weighted by atomic mass is 9.91.